The fourth-order valence-electron chi connectivity index (χ4n) is 15.7. The number of carboxylic acids is 1. The first-order chi connectivity index (χ1) is 31.8. The molecule has 68 heavy (non-hydrogen) atoms. The van der Waals surface area contributed by atoms with Gasteiger partial charge in [-0.15, -0.1) is 0 Å². The number of allylic oxidation sites excluding steroid dienone is 1. The van der Waals surface area contributed by atoms with Crippen LogP contribution >= 0.6 is 0 Å². The summed E-state index contributed by atoms with van der Waals surface area (Å²) in [5.74, 6) is -2.82. The lowest BCUT2D eigenvalue weighted by Crippen LogP contribution is -2.68. The van der Waals surface area contributed by atoms with Gasteiger partial charge in [0.05, 0.1) is 29.7 Å². The highest BCUT2D eigenvalue weighted by Gasteiger charge is 2.71. The summed E-state index contributed by atoms with van der Waals surface area (Å²) in [7, 11) is 0. The van der Waals surface area contributed by atoms with Crippen LogP contribution in [-0.4, -0.2) is 74.3 Å². The van der Waals surface area contributed by atoms with E-state index >= 15 is 0 Å². The van der Waals surface area contributed by atoms with Gasteiger partial charge in [0.2, 0.25) is 5.91 Å². The number of aromatic nitrogens is 2. The standard InChI is InChI=1S/C54H71FN4O9/c1-11-67-47(66)59-36(27-35(58-59)30-12-14-31(55)15-13-30)43(61)56-53(24-25-53)46(65)57-54-23-22-51(9)32(42(54)41(29(2)3)37(60)28-54)16-17-39-50(8)20-19-40(49(6,7)38(50)18-21-52(39,51)10)68-45(64)34-26-33(44(62)63)48(34,4)5/h12-15,27,29,32-34,38-40H,11,16-26,28H2,1-10H3,(H,56,61)(H,57,65)(H,62,63)/t32-,33+,34-,38+,39-,40+,50+,51-,52-,54-/m1/s1. The first-order valence-corrected chi connectivity index (χ1v) is 25.2. The van der Waals surface area contributed by atoms with Gasteiger partial charge in [-0.25, -0.2) is 9.18 Å². The molecule has 0 bridgehead atoms. The summed E-state index contributed by atoms with van der Waals surface area (Å²) in [5.41, 5.74) is -0.848. The molecule has 0 spiro atoms. The summed E-state index contributed by atoms with van der Waals surface area (Å²) in [6, 6.07) is 6.97. The number of carbonyl (C=O) groups is 6. The van der Waals surface area contributed by atoms with E-state index in [-0.39, 0.29) is 81.7 Å². The third-order valence-corrected chi connectivity index (χ3v) is 19.9. The number of ether oxygens (including phenoxy) is 2. The number of nitrogens with one attached hydrogen (secondary N) is 2. The number of Topliss-reactive ketones (excluding diaryl/α,β-unsaturated/α-hetero) is 1. The fourth-order valence-corrected chi connectivity index (χ4v) is 15.7. The molecule has 14 heteroatoms. The van der Waals surface area contributed by atoms with Crippen LogP contribution in [0.25, 0.3) is 11.3 Å². The maximum atomic E-state index is 14.8. The number of ketones is 1. The molecule has 3 N–H and O–H groups in total. The topological polar surface area (TPSA) is 183 Å². The summed E-state index contributed by atoms with van der Waals surface area (Å²) in [6.45, 7) is 21.5. The lowest BCUT2D eigenvalue weighted by molar-refractivity contribution is -0.235. The Morgan fingerprint density at radius 3 is 2.15 bits per heavy atom. The van der Waals surface area contributed by atoms with Crippen molar-refractivity contribution in [2.75, 3.05) is 6.61 Å². The molecule has 2 aromatic rings. The molecule has 1 aromatic heterocycles. The maximum Gasteiger partial charge on any atom is 0.435 e. The van der Waals surface area contributed by atoms with Crippen LogP contribution in [0.15, 0.2) is 41.5 Å². The molecule has 13 nitrogen and oxygen atoms in total. The average molecular weight is 939 g/mol. The van der Waals surface area contributed by atoms with Crippen LogP contribution in [0.5, 0.6) is 0 Å². The minimum absolute atomic E-state index is 0.0277. The Labute approximate surface area is 399 Å². The molecule has 6 fully saturated rings. The predicted molar refractivity (Wildman–Crippen MR) is 250 cm³/mol. The summed E-state index contributed by atoms with van der Waals surface area (Å²) >= 11 is 0. The zero-order valence-electron chi connectivity index (χ0n) is 41.6. The van der Waals surface area contributed by atoms with Gasteiger partial charge in [0, 0.05) is 17.4 Å². The fraction of sp³-hybridized carbons (Fsp3) is 0.685. The lowest BCUT2D eigenvalue weighted by atomic mass is 9.33. The molecule has 368 valence electrons. The Balaban J connectivity index is 0.955. The maximum absolute atomic E-state index is 14.8. The molecule has 0 aliphatic heterocycles. The van der Waals surface area contributed by atoms with Gasteiger partial charge in [0.15, 0.2) is 5.78 Å². The number of amides is 2. The van der Waals surface area contributed by atoms with E-state index in [1.807, 2.05) is 13.8 Å². The van der Waals surface area contributed by atoms with Crippen molar-refractivity contribution in [2.24, 2.45) is 62.6 Å². The van der Waals surface area contributed by atoms with Crippen molar-refractivity contribution in [3.63, 3.8) is 0 Å². The van der Waals surface area contributed by atoms with Gasteiger partial charge >= 0.3 is 18.0 Å². The number of carboxylic acid groups (broad SMARTS) is 1. The molecule has 0 saturated heterocycles. The van der Waals surface area contributed by atoms with E-state index in [0.717, 1.165) is 60.8 Å². The van der Waals surface area contributed by atoms with Crippen molar-refractivity contribution in [1.29, 1.82) is 0 Å². The third-order valence-electron chi connectivity index (χ3n) is 19.9. The van der Waals surface area contributed by atoms with Crippen molar-refractivity contribution in [3.05, 3.63) is 53.0 Å². The normalized spacial score (nSPS) is 36.0. The Bertz CT molecular complexity index is 2500. The van der Waals surface area contributed by atoms with E-state index in [4.69, 9.17) is 9.47 Å². The molecule has 0 unspecified atom stereocenters. The van der Waals surface area contributed by atoms with Gasteiger partial charge in [-0.05, 0) is 164 Å². The Morgan fingerprint density at radius 2 is 1.53 bits per heavy atom. The summed E-state index contributed by atoms with van der Waals surface area (Å²) in [4.78, 5) is 82.0. The number of halogens is 1. The second kappa shape index (κ2) is 16.1. The van der Waals surface area contributed by atoms with E-state index in [1.54, 1.807) is 6.92 Å². The Hall–Kier alpha value is -4.88. The van der Waals surface area contributed by atoms with Crippen LogP contribution < -0.4 is 10.6 Å². The molecular weight excluding hydrogens is 868 g/mol. The number of esters is 1. The van der Waals surface area contributed by atoms with Crippen LogP contribution in [0.1, 0.15) is 157 Å². The molecule has 7 aliphatic rings. The zero-order valence-corrected chi connectivity index (χ0v) is 41.6. The van der Waals surface area contributed by atoms with Crippen LogP contribution in [0, 0.1) is 68.4 Å². The number of hydrogen-bond donors (Lipinski definition) is 3. The number of rotatable bonds is 10. The Morgan fingerprint density at radius 1 is 0.838 bits per heavy atom. The molecule has 1 aromatic carbocycles. The highest BCUT2D eigenvalue weighted by Crippen LogP contribution is 2.76. The van der Waals surface area contributed by atoms with E-state index in [0.29, 0.717) is 43.1 Å². The predicted octanol–water partition coefficient (Wildman–Crippen LogP) is 9.46. The van der Waals surface area contributed by atoms with Crippen molar-refractivity contribution < 1.29 is 47.7 Å². The number of nitrogens with zero attached hydrogens (tertiary/aromatic N) is 2. The van der Waals surface area contributed by atoms with Gasteiger partial charge in [0.25, 0.3) is 5.91 Å². The number of carbonyl (C=O) groups excluding carboxylic acids is 5. The van der Waals surface area contributed by atoms with Crippen LogP contribution in [0.4, 0.5) is 9.18 Å². The lowest BCUT2D eigenvalue weighted by Gasteiger charge is -2.72. The minimum atomic E-state index is -1.26. The molecule has 1 heterocycles. The largest absolute Gasteiger partial charge is 0.481 e. The second-order valence-corrected chi connectivity index (χ2v) is 24.1. The van der Waals surface area contributed by atoms with Crippen molar-refractivity contribution >= 4 is 35.6 Å². The summed E-state index contributed by atoms with van der Waals surface area (Å²) in [6.07, 6.45) is 7.02. The van der Waals surface area contributed by atoms with E-state index in [1.165, 1.54) is 30.3 Å². The molecule has 6 saturated carbocycles. The van der Waals surface area contributed by atoms with Crippen LogP contribution in [-0.2, 0) is 28.7 Å². The van der Waals surface area contributed by atoms with E-state index < -0.39 is 52.1 Å². The molecule has 9 rings (SSSR count). The first-order valence-electron chi connectivity index (χ1n) is 25.2. The van der Waals surface area contributed by atoms with E-state index in [2.05, 4.69) is 64.2 Å². The van der Waals surface area contributed by atoms with Gasteiger partial charge < -0.3 is 25.2 Å². The molecular formula is C54H71FN4O9. The number of hydrogen-bond acceptors (Lipinski definition) is 9. The Kier molecular flexibility index (Phi) is 11.4. The van der Waals surface area contributed by atoms with E-state index in [9.17, 15) is 38.3 Å². The average Bonchev–Trinajstić information content (AvgIpc) is 3.78. The summed E-state index contributed by atoms with van der Waals surface area (Å²) in [5, 5.41) is 20.5. The summed E-state index contributed by atoms with van der Waals surface area (Å²) < 4.78 is 26.3. The molecule has 0 radical (unpaired) electrons. The molecule has 10 atom stereocenters. The second-order valence-electron chi connectivity index (χ2n) is 24.1. The van der Waals surface area contributed by atoms with Gasteiger partial charge in [0.1, 0.15) is 23.2 Å². The molecule has 2 amide bonds. The van der Waals surface area contributed by atoms with Gasteiger partial charge in [-0.1, -0.05) is 62.3 Å². The smallest absolute Gasteiger partial charge is 0.435 e. The van der Waals surface area contributed by atoms with Gasteiger partial charge in [-0.3, -0.25) is 24.0 Å². The zero-order chi connectivity index (χ0) is 49.3. The molecule has 7 aliphatic carbocycles. The van der Waals surface area contributed by atoms with Crippen molar-refractivity contribution in [2.45, 2.75) is 163 Å². The monoisotopic (exact) mass is 939 g/mol. The van der Waals surface area contributed by atoms with Gasteiger partial charge in [-0.2, -0.15) is 9.78 Å². The first kappa shape index (κ1) is 48.2. The third kappa shape index (κ3) is 7.04. The van der Waals surface area contributed by atoms with Crippen molar-refractivity contribution in [1.82, 2.24) is 20.4 Å². The number of benzene rings is 1. The number of fused-ring (bicyclic) bond motifs is 7. The minimum Gasteiger partial charge on any atom is -0.481 e. The quantitative estimate of drug-likeness (QED) is 0.194. The number of aliphatic carboxylic acids is 1. The van der Waals surface area contributed by atoms with Crippen LogP contribution in [0.3, 0.4) is 0 Å². The highest BCUT2D eigenvalue weighted by molar-refractivity contribution is 6.05. The van der Waals surface area contributed by atoms with Crippen molar-refractivity contribution in [3.8, 4) is 11.3 Å². The van der Waals surface area contributed by atoms with Crippen LogP contribution in [0.2, 0.25) is 0 Å². The highest BCUT2D eigenvalue weighted by atomic mass is 19.1. The SMILES string of the molecule is CCOC(=O)n1nc(-c2ccc(F)cc2)cc1C(=O)NC1(C(=O)N[C@@]23CC[C@]4(C)[C@H](CC[C@@H]5[C@@]6(C)CC[C@H](OC(=O)[C@H]7C[C@@H](C(=O)O)C7(C)C)C(C)(C)[C@@H]6CC[C@]54C)C2=C(C(C)C)C(=O)C3)CC1.